The molecule has 100 valence electrons. The largest absolute Gasteiger partial charge is 0.332 e. The lowest BCUT2D eigenvalue weighted by atomic mass is 10.0. The van der Waals surface area contributed by atoms with Crippen LogP contribution < -0.4 is 5.32 Å². The number of aryl methyl sites for hydroxylation is 1. The molecule has 0 saturated carbocycles. The summed E-state index contributed by atoms with van der Waals surface area (Å²) >= 11 is 0. The molecule has 0 fully saturated rings. The molecular formula is C16H13FN2O. The van der Waals surface area contributed by atoms with Crippen LogP contribution in [0.4, 0.5) is 4.39 Å². The maximum atomic E-state index is 13.1. The number of rotatable bonds is 3. The number of carbonyl (C=O) groups excluding carboxylic acids is 1. The second-order valence-corrected chi connectivity index (χ2v) is 4.40. The Bertz CT molecular complexity index is 676. The van der Waals surface area contributed by atoms with E-state index < -0.39 is 17.8 Å². The Kier molecular flexibility index (Phi) is 4.11. The zero-order valence-corrected chi connectivity index (χ0v) is 10.9. The molecule has 4 heteroatoms. The summed E-state index contributed by atoms with van der Waals surface area (Å²) in [6.45, 7) is 1.87. The zero-order chi connectivity index (χ0) is 14.5. The molecule has 0 heterocycles. The first-order valence-electron chi connectivity index (χ1n) is 6.13. The van der Waals surface area contributed by atoms with Gasteiger partial charge in [0, 0.05) is 5.56 Å². The quantitative estimate of drug-likeness (QED) is 0.929. The van der Waals surface area contributed by atoms with Gasteiger partial charge >= 0.3 is 0 Å². The summed E-state index contributed by atoms with van der Waals surface area (Å²) in [4.78, 5) is 12.0. The molecule has 0 radical (unpaired) electrons. The first-order valence-corrected chi connectivity index (χ1v) is 6.13. The van der Waals surface area contributed by atoms with E-state index in [1.807, 2.05) is 25.1 Å². The van der Waals surface area contributed by atoms with Crippen molar-refractivity contribution < 1.29 is 9.18 Å². The van der Waals surface area contributed by atoms with Crippen molar-refractivity contribution in [2.75, 3.05) is 0 Å². The van der Waals surface area contributed by atoms with Crippen molar-refractivity contribution in [3.63, 3.8) is 0 Å². The number of nitrogens with zero attached hydrogens (tertiary/aromatic N) is 1. The van der Waals surface area contributed by atoms with Gasteiger partial charge in [-0.1, -0.05) is 30.3 Å². The SMILES string of the molecule is Cc1ccccc1C(C#N)NC(=O)c1cccc(F)c1. The van der Waals surface area contributed by atoms with E-state index in [-0.39, 0.29) is 5.56 Å². The number of halogens is 1. The van der Waals surface area contributed by atoms with Gasteiger partial charge < -0.3 is 5.32 Å². The van der Waals surface area contributed by atoms with Crippen LogP contribution in [-0.4, -0.2) is 5.91 Å². The van der Waals surface area contributed by atoms with Crippen LogP contribution in [0, 0.1) is 24.1 Å². The summed E-state index contributed by atoms with van der Waals surface area (Å²) in [5, 5.41) is 11.8. The number of hydrogen-bond acceptors (Lipinski definition) is 2. The summed E-state index contributed by atoms with van der Waals surface area (Å²) in [6, 6.07) is 14.0. The molecule has 2 aromatic rings. The van der Waals surface area contributed by atoms with E-state index in [1.165, 1.54) is 18.2 Å². The fraction of sp³-hybridized carbons (Fsp3) is 0.125. The summed E-state index contributed by atoms with van der Waals surface area (Å²) in [5.74, 6) is -0.957. The second kappa shape index (κ2) is 5.98. The smallest absolute Gasteiger partial charge is 0.252 e. The molecule has 1 N–H and O–H groups in total. The summed E-state index contributed by atoms with van der Waals surface area (Å²) in [6.07, 6.45) is 0. The first-order chi connectivity index (χ1) is 9.61. The molecule has 0 aromatic heterocycles. The number of nitrogens with one attached hydrogen (secondary N) is 1. The fourth-order valence-electron chi connectivity index (χ4n) is 1.93. The second-order valence-electron chi connectivity index (χ2n) is 4.40. The summed E-state index contributed by atoms with van der Waals surface area (Å²) in [5.41, 5.74) is 1.84. The van der Waals surface area contributed by atoms with Crippen molar-refractivity contribution in [1.82, 2.24) is 5.32 Å². The Hall–Kier alpha value is -2.67. The van der Waals surface area contributed by atoms with Crippen molar-refractivity contribution in [3.05, 3.63) is 71.0 Å². The Balaban J connectivity index is 2.22. The fourth-order valence-corrected chi connectivity index (χ4v) is 1.93. The van der Waals surface area contributed by atoms with Gasteiger partial charge in [0.15, 0.2) is 0 Å². The van der Waals surface area contributed by atoms with E-state index in [2.05, 4.69) is 5.32 Å². The van der Waals surface area contributed by atoms with Crippen molar-refractivity contribution in [2.24, 2.45) is 0 Å². The van der Waals surface area contributed by atoms with Crippen molar-refractivity contribution in [3.8, 4) is 6.07 Å². The van der Waals surface area contributed by atoms with E-state index >= 15 is 0 Å². The molecule has 0 aliphatic heterocycles. The molecule has 2 rings (SSSR count). The topological polar surface area (TPSA) is 52.9 Å². The number of nitriles is 1. The molecule has 20 heavy (non-hydrogen) atoms. The maximum Gasteiger partial charge on any atom is 0.252 e. The van der Waals surface area contributed by atoms with Gasteiger partial charge in [-0.3, -0.25) is 4.79 Å². The van der Waals surface area contributed by atoms with Gasteiger partial charge in [0.05, 0.1) is 6.07 Å². The Morgan fingerprint density at radius 2 is 2.00 bits per heavy atom. The number of carbonyl (C=O) groups is 1. The highest BCUT2D eigenvalue weighted by atomic mass is 19.1. The van der Waals surface area contributed by atoms with Crippen LogP contribution in [0.3, 0.4) is 0 Å². The predicted octanol–water partition coefficient (Wildman–Crippen LogP) is 3.13. The molecule has 3 nitrogen and oxygen atoms in total. The van der Waals surface area contributed by atoms with Crippen LogP contribution in [0.15, 0.2) is 48.5 Å². The van der Waals surface area contributed by atoms with Crippen LogP contribution >= 0.6 is 0 Å². The standard InChI is InChI=1S/C16H13FN2O/c1-11-5-2-3-8-14(11)15(10-18)19-16(20)12-6-4-7-13(17)9-12/h2-9,15H,1H3,(H,19,20). The van der Waals surface area contributed by atoms with E-state index in [0.717, 1.165) is 17.2 Å². The minimum absolute atomic E-state index is 0.193. The van der Waals surface area contributed by atoms with Crippen molar-refractivity contribution >= 4 is 5.91 Å². The van der Waals surface area contributed by atoms with Gasteiger partial charge in [0.1, 0.15) is 11.9 Å². The summed E-state index contributed by atoms with van der Waals surface area (Å²) in [7, 11) is 0. The molecule has 0 aliphatic rings. The van der Waals surface area contributed by atoms with E-state index in [1.54, 1.807) is 12.1 Å². The van der Waals surface area contributed by atoms with Crippen LogP contribution in [0.25, 0.3) is 0 Å². The van der Waals surface area contributed by atoms with Gasteiger partial charge in [0.2, 0.25) is 0 Å². The zero-order valence-electron chi connectivity index (χ0n) is 10.9. The lowest BCUT2D eigenvalue weighted by Gasteiger charge is -2.14. The third kappa shape index (κ3) is 3.01. The maximum absolute atomic E-state index is 13.1. The lowest BCUT2D eigenvalue weighted by Crippen LogP contribution is -2.28. The minimum Gasteiger partial charge on any atom is -0.332 e. The van der Waals surface area contributed by atoms with Crippen LogP contribution in [0.1, 0.15) is 27.5 Å². The molecular weight excluding hydrogens is 255 g/mol. The highest BCUT2D eigenvalue weighted by molar-refractivity contribution is 5.94. The average molecular weight is 268 g/mol. The molecule has 1 amide bonds. The molecule has 2 aromatic carbocycles. The molecule has 0 saturated heterocycles. The predicted molar refractivity (Wildman–Crippen MR) is 73.4 cm³/mol. The first kappa shape index (κ1) is 13.8. The molecule has 0 bridgehead atoms. The highest BCUT2D eigenvalue weighted by Gasteiger charge is 2.16. The van der Waals surface area contributed by atoms with Gasteiger partial charge in [-0.25, -0.2) is 4.39 Å². The third-order valence-electron chi connectivity index (χ3n) is 2.99. The van der Waals surface area contributed by atoms with Gasteiger partial charge in [-0.2, -0.15) is 5.26 Å². The Morgan fingerprint density at radius 3 is 2.65 bits per heavy atom. The normalized spacial score (nSPS) is 11.4. The van der Waals surface area contributed by atoms with Crippen LogP contribution in [-0.2, 0) is 0 Å². The minimum atomic E-state index is -0.757. The Labute approximate surface area is 116 Å². The number of hydrogen-bond donors (Lipinski definition) is 1. The number of benzene rings is 2. The van der Waals surface area contributed by atoms with Gasteiger partial charge in [-0.15, -0.1) is 0 Å². The van der Waals surface area contributed by atoms with E-state index in [9.17, 15) is 14.4 Å². The van der Waals surface area contributed by atoms with Crippen LogP contribution in [0.5, 0.6) is 0 Å². The van der Waals surface area contributed by atoms with E-state index in [4.69, 9.17) is 0 Å². The van der Waals surface area contributed by atoms with Crippen LogP contribution in [0.2, 0.25) is 0 Å². The van der Waals surface area contributed by atoms with Crippen molar-refractivity contribution in [2.45, 2.75) is 13.0 Å². The molecule has 1 unspecified atom stereocenters. The molecule has 0 aliphatic carbocycles. The van der Waals surface area contributed by atoms with Crippen molar-refractivity contribution in [1.29, 1.82) is 5.26 Å². The van der Waals surface area contributed by atoms with Gasteiger partial charge in [0.25, 0.3) is 5.91 Å². The molecule has 0 spiro atoms. The monoisotopic (exact) mass is 268 g/mol. The Morgan fingerprint density at radius 1 is 1.25 bits per heavy atom. The lowest BCUT2D eigenvalue weighted by molar-refractivity contribution is 0.0944. The van der Waals surface area contributed by atoms with E-state index in [0.29, 0.717) is 0 Å². The van der Waals surface area contributed by atoms with Gasteiger partial charge in [-0.05, 0) is 36.2 Å². The third-order valence-corrected chi connectivity index (χ3v) is 2.99. The molecule has 1 atom stereocenters. The summed E-state index contributed by atoms with van der Waals surface area (Å²) < 4.78 is 13.1. The average Bonchev–Trinajstić information content (AvgIpc) is 2.45. The highest BCUT2D eigenvalue weighted by Crippen LogP contribution is 2.17. The number of amides is 1.